The number of ether oxygens (including phenoxy) is 2. The highest BCUT2D eigenvalue weighted by atomic mass is 35.5. The van der Waals surface area contributed by atoms with Gasteiger partial charge in [-0.25, -0.2) is 4.98 Å². The highest BCUT2D eigenvalue weighted by molar-refractivity contribution is 5.85. The van der Waals surface area contributed by atoms with Gasteiger partial charge in [0.05, 0.1) is 12.3 Å². The maximum atomic E-state index is 5.46. The lowest BCUT2D eigenvalue weighted by Crippen LogP contribution is -2.24. The molecule has 0 aliphatic carbocycles. The molecular weight excluding hydrogens is 263 g/mol. The van der Waals surface area contributed by atoms with E-state index in [9.17, 15) is 0 Å². The second-order valence-electron chi connectivity index (χ2n) is 3.52. The highest BCUT2D eigenvalue weighted by Crippen LogP contribution is 2.15. The van der Waals surface area contributed by atoms with Gasteiger partial charge < -0.3 is 14.8 Å². The van der Waals surface area contributed by atoms with Gasteiger partial charge in [0, 0.05) is 32.7 Å². The molecule has 0 bridgehead atoms. The van der Waals surface area contributed by atoms with Crippen LogP contribution in [0.2, 0.25) is 0 Å². The summed E-state index contributed by atoms with van der Waals surface area (Å²) in [6.07, 6.45) is 0.983. The van der Waals surface area contributed by atoms with Gasteiger partial charge in [-0.2, -0.15) is 0 Å². The Kier molecular flexibility index (Phi) is 8.25. The lowest BCUT2D eigenvalue weighted by Gasteiger charge is -2.16. The Morgan fingerprint density at radius 1 is 1.29 bits per heavy atom. The molecule has 0 saturated carbocycles. The molecule has 0 saturated heterocycles. The number of nitrogens with zero attached hydrogens (tertiary/aromatic N) is 1. The molecule has 2 heterocycles. The monoisotopic (exact) mass is 280 g/mol. The number of rotatable bonds is 4. The Bertz CT molecular complexity index is 337. The molecule has 1 aromatic rings. The summed E-state index contributed by atoms with van der Waals surface area (Å²) in [4.78, 5) is 4.47. The Labute approximate surface area is 114 Å². The van der Waals surface area contributed by atoms with E-state index in [0.29, 0.717) is 19.1 Å². The Hall–Kier alpha value is -0.550. The van der Waals surface area contributed by atoms with Gasteiger partial charge in [0.1, 0.15) is 6.61 Å². The molecule has 2 rings (SSSR count). The Morgan fingerprint density at radius 2 is 2.12 bits per heavy atom. The van der Waals surface area contributed by atoms with Crippen LogP contribution >= 0.6 is 24.8 Å². The van der Waals surface area contributed by atoms with E-state index >= 15 is 0 Å². The summed E-state index contributed by atoms with van der Waals surface area (Å²) in [6, 6.07) is 4.00. The van der Waals surface area contributed by atoms with E-state index in [1.165, 1.54) is 5.56 Å². The quantitative estimate of drug-likeness (QED) is 0.851. The summed E-state index contributed by atoms with van der Waals surface area (Å²) in [6.45, 7) is 3.07. The molecule has 0 radical (unpaired) electrons. The molecule has 0 amide bonds. The Morgan fingerprint density at radius 3 is 2.88 bits per heavy atom. The first-order valence-electron chi connectivity index (χ1n) is 5.21. The molecule has 17 heavy (non-hydrogen) atoms. The molecule has 1 aliphatic rings. The highest BCUT2D eigenvalue weighted by Gasteiger charge is 2.10. The third-order valence-corrected chi connectivity index (χ3v) is 2.43. The van der Waals surface area contributed by atoms with Gasteiger partial charge in [0.2, 0.25) is 5.88 Å². The molecule has 0 aromatic carbocycles. The minimum absolute atomic E-state index is 0. The zero-order valence-electron chi connectivity index (χ0n) is 9.77. The van der Waals surface area contributed by atoms with Crippen LogP contribution in [0.3, 0.4) is 0 Å². The van der Waals surface area contributed by atoms with E-state index in [1.807, 2.05) is 6.07 Å². The standard InChI is InChI=1S/C11H16N2O2.2ClH/c1-14-6-7-15-11-3-2-9-8-12-5-4-10(9)13-11;;/h2-3,12H,4-8H2,1H3;2*1H. The molecule has 1 aliphatic heterocycles. The van der Waals surface area contributed by atoms with Crippen LogP contribution in [0.15, 0.2) is 12.1 Å². The van der Waals surface area contributed by atoms with E-state index in [1.54, 1.807) is 7.11 Å². The molecule has 4 nitrogen and oxygen atoms in total. The van der Waals surface area contributed by atoms with Crippen LogP contribution in [0, 0.1) is 0 Å². The average Bonchev–Trinajstić information content (AvgIpc) is 2.29. The predicted octanol–water partition coefficient (Wildman–Crippen LogP) is 1.60. The van der Waals surface area contributed by atoms with Gasteiger partial charge in [0.15, 0.2) is 0 Å². The van der Waals surface area contributed by atoms with Gasteiger partial charge in [-0.15, -0.1) is 24.8 Å². The minimum atomic E-state index is 0. The van der Waals surface area contributed by atoms with Crippen LogP contribution in [0.25, 0.3) is 0 Å². The third-order valence-electron chi connectivity index (χ3n) is 2.43. The molecule has 0 unspecified atom stereocenters. The second-order valence-corrected chi connectivity index (χ2v) is 3.52. The van der Waals surface area contributed by atoms with Crippen molar-refractivity contribution in [3.63, 3.8) is 0 Å². The van der Waals surface area contributed by atoms with Crippen LogP contribution in [-0.4, -0.2) is 31.9 Å². The maximum Gasteiger partial charge on any atom is 0.213 e. The molecule has 98 valence electrons. The lowest BCUT2D eigenvalue weighted by atomic mass is 10.1. The normalized spacial score (nSPS) is 13.0. The largest absolute Gasteiger partial charge is 0.475 e. The van der Waals surface area contributed by atoms with Crippen molar-refractivity contribution in [3.05, 3.63) is 23.4 Å². The molecular formula is C11H18Cl2N2O2. The summed E-state index contributed by atoms with van der Waals surface area (Å²) >= 11 is 0. The zero-order valence-corrected chi connectivity index (χ0v) is 11.4. The van der Waals surface area contributed by atoms with Crippen LogP contribution < -0.4 is 10.1 Å². The van der Waals surface area contributed by atoms with Crippen molar-refractivity contribution in [3.8, 4) is 5.88 Å². The summed E-state index contributed by atoms with van der Waals surface area (Å²) in [5.74, 6) is 0.702. The number of pyridine rings is 1. The topological polar surface area (TPSA) is 43.4 Å². The zero-order chi connectivity index (χ0) is 10.5. The molecule has 1 N–H and O–H groups in total. The Balaban J connectivity index is 0.00000128. The fourth-order valence-corrected chi connectivity index (χ4v) is 1.63. The first kappa shape index (κ1) is 16.4. The fraction of sp³-hybridized carbons (Fsp3) is 0.545. The van der Waals surface area contributed by atoms with E-state index < -0.39 is 0 Å². The fourth-order valence-electron chi connectivity index (χ4n) is 1.63. The van der Waals surface area contributed by atoms with Crippen molar-refractivity contribution in [2.45, 2.75) is 13.0 Å². The van der Waals surface area contributed by atoms with E-state index in [-0.39, 0.29) is 24.8 Å². The number of methoxy groups -OCH3 is 1. The average molecular weight is 281 g/mol. The number of fused-ring (bicyclic) bond motifs is 1. The van der Waals surface area contributed by atoms with Gasteiger partial charge in [-0.3, -0.25) is 0 Å². The number of hydrogen-bond donors (Lipinski definition) is 1. The van der Waals surface area contributed by atoms with Crippen molar-refractivity contribution in [2.75, 3.05) is 26.9 Å². The van der Waals surface area contributed by atoms with Gasteiger partial charge >= 0.3 is 0 Å². The van der Waals surface area contributed by atoms with E-state index in [4.69, 9.17) is 9.47 Å². The van der Waals surface area contributed by atoms with Crippen LogP contribution in [-0.2, 0) is 17.7 Å². The summed E-state index contributed by atoms with van der Waals surface area (Å²) in [5.41, 5.74) is 2.43. The molecule has 1 aromatic heterocycles. The first-order valence-corrected chi connectivity index (χ1v) is 5.21. The van der Waals surface area contributed by atoms with Gasteiger partial charge in [-0.1, -0.05) is 6.07 Å². The molecule has 6 heteroatoms. The van der Waals surface area contributed by atoms with Crippen LogP contribution in [0.5, 0.6) is 5.88 Å². The predicted molar refractivity (Wildman–Crippen MR) is 71.5 cm³/mol. The summed E-state index contributed by atoms with van der Waals surface area (Å²) in [7, 11) is 1.66. The van der Waals surface area contributed by atoms with Crippen LogP contribution in [0.1, 0.15) is 11.3 Å². The van der Waals surface area contributed by atoms with Crippen molar-refractivity contribution in [2.24, 2.45) is 0 Å². The third kappa shape index (κ3) is 4.68. The van der Waals surface area contributed by atoms with E-state index in [2.05, 4.69) is 16.4 Å². The number of aromatic nitrogens is 1. The number of halogens is 2. The first-order chi connectivity index (χ1) is 7.40. The van der Waals surface area contributed by atoms with Crippen molar-refractivity contribution in [1.82, 2.24) is 10.3 Å². The second kappa shape index (κ2) is 8.53. The van der Waals surface area contributed by atoms with Gasteiger partial charge in [0.25, 0.3) is 0 Å². The SMILES string of the molecule is COCCOc1ccc2c(n1)CCNC2.Cl.Cl. The van der Waals surface area contributed by atoms with Crippen LogP contribution in [0.4, 0.5) is 0 Å². The smallest absolute Gasteiger partial charge is 0.213 e. The van der Waals surface area contributed by atoms with Crippen molar-refractivity contribution >= 4 is 24.8 Å². The number of nitrogens with one attached hydrogen (secondary N) is 1. The molecule has 0 atom stereocenters. The molecule has 0 spiro atoms. The minimum Gasteiger partial charge on any atom is -0.475 e. The van der Waals surface area contributed by atoms with Gasteiger partial charge in [-0.05, 0) is 5.56 Å². The lowest BCUT2D eigenvalue weighted by molar-refractivity contribution is 0.143. The molecule has 0 fully saturated rings. The van der Waals surface area contributed by atoms with Crippen molar-refractivity contribution < 1.29 is 9.47 Å². The summed E-state index contributed by atoms with van der Waals surface area (Å²) in [5, 5.41) is 3.31. The maximum absolute atomic E-state index is 5.46. The van der Waals surface area contributed by atoms with E-state index in [0.717, 1.165) is 25.2 Å². The van der Waals surface area contributed by atoms with Crippen molar-refractivity contribution in [1.29, 1.82) is 0 Å². The summed E-state index contributed by atoms with van der Waals surface area (Å²) < 4.78 is 10.4. The number of hydrogen-bond acceptors (Lipinski definition) is 4.